The molecule has 3 nitrogen and oxygen atoms in total. The number of ketones is 1. The van der Waals surface area contributed by atoms with E-state index in [9.17, 15) is 9.59 Å². The van der Waals surface area contributed by atoms with Gasteiger partial charge in [0, 0.05) is 12.3 Å². The standard InChI is InChI=1S/C12H22O3/c1-6-11(13)9(4)10(5)12(14)15-7-8(2)3/h8-10H,6-7H2,1-5H3. The minimum absolute atomic E-state index is 0.115. The van der Waals surface area contributed by atoms with Crippen LogP contribution < -0.4 is 0 Å². The minimum atomic E-state index is -0.337. The molecule has 0 amide bonds. The maximum Gasteiger partial charge on any atom is 0.309 e. The van der Waals surface area contributed by atoms with Gasteiger partial charge in [-0.25, -0.2) is 0 Å². The van der Waals surface area contributed by atoms with Crippen molar-refractivity contribution in [3.63, 3.8) is 0 Å². The molecule has 0 aromatic rings. The van der Waals surface area contributed by atoms with Crippen molar-refractivity contribution >= 4 is 11.8 Å². The quantitative estimate of drug-likeness (QED) is 0.638. The van der Waals surface area contributed by atoms with Crippen LogP contribution in [0.1, 0.15) is 41.0 Å². The summed E-state index contributed by atoms with van der Waals surface area (Å²) in [6, 6.07) is 0. The van der Waals surface area contributed by atoms with Crippen LogP contribution in [0.3, 0.4) is 0 Å². The number of Topliss-reactive ketones (excluding diaryl/α,β-unsaturated/α-hetero) is 1. The van der Waals surface area contributed by atoms with Gasteiger partial charge in [-0.3, -0.25) is 9.59 Å². The summed E-state index contributed by atoms with van der Waals surface area (Å²) in [6.45, 7) is 9.74. The van der Waals surface area contributed by atoms with E-state index in [0.29, 0.717) is 18.9 Å². The van der Waals surface area contributed by atoms with Gasteiger partial charge in [0.05, 0.1) is 12.5 Å². The molecule has 3 heteroatoms. The second-order valence-corrected chi connectivity index (χ2v) is 4.42. The van der Waals surface area contributed by atoms with Crippen molar-refractivity contribution in [2.45, 2.75) is 41.0 Å². The third-order valence-corrected chi connectivity index (χ3v) is 2.54. The van der Waals surface area contributed by atoms with E-state index in [2.05, 4.69) is 0 Å². The molecule has 0 aliphatic carbocycles. The topological polar surface area (TPSA) is 43.4 Å². The third kappa shape index (κ3) is 4.96. The molecule has 15 heavy (non-hydrogen) atoms. The lowest BCUT2D eigenvalue weighted by Crippen LogP contribution is -2.27. The van der Waals surface area contributed by atoms with Gasteiger partial charge in [-0.2, -0.15) is 0 Å². The Kier molecular flexibility index (Phi) is 6.21. The number of esters is 1. The largest absolute Gasteiger partial charge is 0.465 e. The van der Waals surface area contributed by atoms with E-state index in [1.807, 2.05) is 20.8 Å². The second kappa shape index (κ2) is 6.59. The lowest BCUT2D eigenvalue weighted by atomic mass is 9.91. The Bertz CT molecular complexity index is 221. The lowest BCUT2D eigenvalue weighted by molar-refractivity contribution is -0.152. The molecule has 0 saturated carbocycles. The molecule has 0 radical (unpaired) electrons. The average molecular weight is 214 g/mol. The first-order chi connectivity index (χ1) is 6.90. The van der Waals surface area contributed by atoms with Crippen LogP contribution in [0.5, 0.6) is 0 Å². The number of carbonyl (C=O) groups excluding carboxylic acids is 2. The van der Waals surface area contributed by atoms with Crippen LogP contribution in [0, 0.1) is 17.8 Å². The monoisotopic (exact) mass is 214 g/mol. The molecule has 0 saturated heterocycles. The van der Waals surface area contributed by atoms with E-state index in [1.54, 1.807) is 13.8 Å². The Morgan fingerprint density at radius 2 is 1.60 bits per heavy atom. The fourth-order valence-corrected chi connectivity index (χ4v) is 1.19. The van der Waals surface area contributed by atoms with Crippen LogP contribution in [0.2, 0.25) is 0 Å². The maximum absolute atomic E-state index is 11.5. The molecule has 0 aliphatic heterocycles. The SMILES string of the molecule is CCC(=O)C(C)C(C)C(=O)OCC(C)C. The first-order valence-corrected chi connectivity index (χ1v) is 5.59. The third-order valence-electron chi connectivity index (χ3n) is 2.54. The summed E-state index contributed by atoms with van der Waals surface area (Å²) in [6.07, 6.45) is 0.475. The summed E-state index contributed by atoms with van der Waals surface area (Å²) in [5.41, 5.74) is 0. The smallest absolute Gasteiger partial charge is 0.309 e. The Labute approximate surface area is 92.2 Å². The molecule has 2 unspecified atom stereocenters. The number of carbonyl (C=O) groups is 2. The van der Waals surface area contributed by atoms with Crippen LogP contribution in [0.15, 0.2) is 0 Å². The molecule has 2 atom stereocenters. The van der Waals surface area contributed by atoms with Crippen molar-refractivity contribution in [3.05, 3.63) is 0 Å². The first-order valence-electron chi connectivity index (χ1n) is 5.59. The predicted molar refractivity (Wildman–Crippen MR) is 59.4 cm³/mol. The first kappa shape index (κ1) is 14.1. The summed E-state index contributed by atoms with van der Waals surface area (Å²) in [4.78, 5) is 22.9. The highest BCUT2D eigenvalue weighted by Gasteiger charge is 2.26. The van der Waals surface area contributed by atoms with Gasteiger partial charge in [-0.1, -0.05) is 34.6 Å². The highest BCUT2D eigenvalue weighted by Crippen LogP contribution is 2.15. The number of hydrogen-bond donors (Lipinski definition) is 0. The molecule has 0 bridgehead atoms. The molecular formula is C12H22O3. The Balaban J connectivity index is 4.13. The number of hydrogen-bond acceptors (Lipinski definition) is 3. The van der Waals surface area contributed by atoms with Gasteiger partial charge in [0.15, 0.2) is 0 Å². The van der Waals surface area contributed by atoms with Crippen LogP contribution >= 0.6 is 0 Å². The van der Waals surface area contributed by atoms with Crippen LogP contribution in [0.4, 0.5) is 0 Å². The highest BCUT2D eigenvalue weighted by molar-refractivity contribution is 5.86. The summed E-state index contributed by atoms with van der Waals surface area (Å²) in [7, 11) is 0. The van der Waals surface area contributed by atoms with Crippen LogP contribution in [-0.2, 0) is 14.3 Å². The van der Waals surface area contributed by atoms with E-state index < -0.39 is 0 Å². The minimum Gasteiger partial charge on any atom is -0.465 e. The highest BCUT2D eigenvalue weighted by atomic mass is 16.5. The van der Waals surface area contributed by atoms with Crippen molar-refractivity contribution in [1.29, 1.82) is 0 Å². The summed E-state index contributed by atoms with van der Waals surface area (Å²) in [5.74, 6) is -0.397. The summed E-state index contributed by atoms with van der Waals surface area (Å²) in [5, 5.41) is 0. The van der Waals surface area contributed by atoms with Gasteiger partial charge in [0.1, 0.15) is 5.78 Å². The van der Waals surface area contributed by atoms with Crippen molar-refractivity contribution in [1.82, 2.24) is 0 Å². The van der Waals surface area contributed by atoms with E-state index in [4.69, 9.17) is 4.74 Å². The molecule has 0 rings (SSSR count). The van der Waals surface area contributed by atoms with Gasteiger partial charge in [0.25, 0.3) is 0 Å². The zero-order chi connectivity index (χ0) is 12.0. The van der Waals surface area contributed by atoms with Crippen molar-refractivity contribution in [3.8, 4) is 0 Å². The average Bonchev–Trinajstić information content (AvgIpc) is 2.22. The van der Waals surface area contributed by atoms with Crippen molar-refractivity contribution < 1.29 is 14.3 Å². The van der Waals surface area contributed by atoms with Gasteiger partial charge in [-0.05, 0) is 5.92 Å². The molecule has 0 fully saturated rings. The molecule has 0 heterocycles. The molecule has 0 N–H and O–H groups in total. The zero-order valence-electron chi connectivity index (χ0n) is 10.4. The predicted octanol–water partition coefficient (Wildman–Crippen LogP) is 2.44. The van der Waals surface area contributed by atoms with Crippen LogP contribution in [0.25, 0.3) is 0 Å². The molecule has 0 aliphatic rings. The van der Waals surface area contributed by atoms with Crippen LogP contribution in [-0.4, -0.2) is 18.4 Å². The van der Waals surface area contributed by atoms with Gasteiger partial charge in [-0.15, -0.1) is 0 Å². The van der Waals surface area contributed by atoms with Crippen molar-refractivity contribution in [2.75, 3.05) is 6.61 Å². The van der Waals surface area contributed by atoms with E-state index >= 15 is 0 Å². The maximum atomic E-state index is 11.5. The Hall–Kier alpha value is -0.860. The van der Waals surface area contributed by atoms with E-state index in [-0.39, 0.29) is 23.6 Å². The van der Waals surface area contributed by atoms with Gasteiger partial charge in [0.2, 0.25) is 0 Å². The Morgan fingerprint density at radius 1 is 1.07 bits per heavy atom. The summed E-state index contributed by atoms with van der Waals surface area (Å²) >= 11 is 0. The summed E-state index contributed by atoms with van der Waals surface area (Å²) < 4.78 is 5.09. The Morgan fingerprint density at radius 3 is 2.00 bits per heavy atom. The number of rotatable bonds is 6. The lowest BCUT2D eigenvalue weighted by Gasteiger charge is -2.17. The fourth-order valence-electron chi connectivity index (χ4n) is 1.19. The molecule has 0 aromatic carbocycles. The fraction of sp³-hybridized carbons (Fsp3) is 0.833. The molecule has 88 valence electrons. The van der Waals surface area contributed by atoms with Gasteiger partial charge < -0.3 is 4.74 Å². The van der Waals surface area contributed by atoms with Crippen molar-refractivity contribution in [2.24, 2.45) is 17.8 Å². The molecule has 0 spiro atoms. The second-order valence-electron chi connectivity index (χ2n) is 4.42. The normalized spacial score (nSPS) is 14.8. The van der Waals surface area contributed by atoms with E-state index in [1.165, 1.54) is 0 Å². The zero-order valence-corrected chi connectivity index (χ0v) is 10.4. The number of ether oxygens (including phenoxy) is 1. The van der Waals surface area contributed by atoms with Gasteiger partial charge >= 0.3 is 5.97 Å². The molecular weight excluding hydrogens is 192 g/mol. The molecule has 0 aromatic heterocycles. The van der Waals surface area contributed by atoms with E-state index in [0.717, 1.165) is 0 Å².